The molecule has 1 N–H and O–H groups in total. The molecule has 1 aromatic heterocycles. The molecule has 0 bridgehead atoms. The highest BCUT2D eigenvalue weighted by atomic mass is 32.1. The number of hydrogen-bond donors (Lipinski definition) is 1. The lowest BCUT2D eigenvalue weighted by Gasteiger charge is -2.14. The first-order chi connectivity index (χ1) is 9.70. The van der Waals surface area contributed by atoms with E-state index in [9.17, 15) is 0 Å². The van der Waals surface area contributed by atoms with Crippen LogP contribution in [0.1, 0.15) is 35.2 Å². The van der Waals surface area contributed by atoms with Crippen LogP contribution in [0.25, 0.3) is 0 Å². The average molecular weight is 290 g/mol. The maximum Gasteiger partial charge on any atom is 0.131 e. The standard InChI is InChI=1S/C16H22N2OS/c1-4-8-17-9-14-7-5-6-12(2)16(14)19-10-15-11-20-13(3)18-15/h5-7,11,17H,4,8-10H2,1-3H3. The van der Waals surface area contributed by atoms with Crippen LogP contribution in [-0.4, -0.2) is 11.5 Å². The topological polar surface area (TPSA) is 34.1 Å². The smallest absolute Gasteiger partial charge is 0.131 e. The van der Waals surface area contributed by atoms with Gasteiger partial charge in [-0.1, -0.05) is 25.1 Å². The Balaban J connectivity index is 2.04. The normalized spacial score (nSPS) is 10.8. The van der Waals surface area contributed by atoms with E-state index in [-0.39, 0.29) is 0 Å². The van der Waals surface area contributed by atoms with Crippen LogP contribution < -0.4 is 10.1 Å². The fourth-order valence-corrected chi connectivity index (χ4v) is 2.68. The molecule has 0 saturated heterocycles. The van der Waals surface area contributed by atoms with Gasteiger partial charge in [0.05, 0.1) is 10.7 Å². The molecule has 0 saturated carbocycles. The zero-order chi connectivity index (χ0) is 14.4. The zero-order valence-electron chi connectivity index (χ0n) is 12.4. The summed E-state index contributed by atoms with van der Waals surface area (Å²) in [5.41, 5.74) is 3.39. The number of thiazole rings is 1. The Kier molecular flexibility index (Phi) is 5.56. The van der Waals surface area contributed by atoms with Crippen molar-refractivity contribution >= 4 is 11.3 Å². The van der Waals surface area contributed by atoms with Crippen molar-refractivity contribution in [2.24, 2.45) is 0 Å². The number of nitrogens with one attached hydrogen (secondary N) is 1. The van der Waals surface area contributed by atoms with Gasteiger partial charge in [-0.3, -0.25) is 0 Å². The second-order valence-corrected chi connectivity index (χ2v) is 5.95. The van der Waals surface area contributed by atoms with Crippen LogP contribution >= 0.6 is 11.3 Å². The third-order valence-corrected chi connectivity index (χ3v) is 3.89. The van der Waals surface area contributed by atoms with Gasteiger partial charge in [0.25, 0.3) is 0 Å². The van der Waals surface area contributed by atoms with Crippen molar-refractivity contribution in [2.75, 3.05) is 6.54 Å². The zero-order valence-corrected chi connectivity index (χ0v) is 13.2. The summed E-state index contributed by atoms with van der Waals surface area (Å²) >= 11 is 1.66. The number of hydrogen-bond acceptors (Lipinski definition) is 4. The summed E-state index contributed by atoms with van der Waals surface area (Å²) in [4.78, 5) is 4.44. The number of para-hydroxylation sites is 1. The van der Waals surface area contributed by atoms with Gasteiger partial charge in [0.15, 0.2) is 0 Å². The molecule has 0 aliphatic carbocycles. The lowest BCUT2D eigenvalue weighted by molar-refractivity contribution is 0.296. The summed E-state index contributed by atoms with van der Waals surface area (Å²) in [5, 5.41) is 6.57. The lowest BCUT2D eigenvalue weighted by Crippen LogP contribution is -2.15. The summed E-state index contributed by atoms with van der Waals surface area (Å²) in [6.07, 6.45) is 1.14. The lowest BCUT2D eigenvalue weighted by atomic mass is 10.1. The van der Waals surface area contributed by atoms with Crippen LogP contribution in [0.15, 0.2) is 23.6 Å². The van der Waals surface area contributed by atoms with Crippen molar-refractivity contribution in [3.8, 4) is 5.75 Å². The van der Waals surface area contributed by atoms with E-state index in [1.54, 1.807) is 11.3 Å². The molecule has 1 heterocycles. The molecule has 4 heteroatoms. The van der Waals surface area contributed by atoms with Crippen molar-refractivity contribution in [1.82, 2.24) is 10.3 Å². The van der Waals surface area contributed by atoms with Gasteiger partial charge in [-0.2, -0.15) is 0 Å². The molecule has 2 aromatic rings. The molecule has 0 aliphatic rings. The molecule has 0 amide bonds. The molecule has 1 aromatic carbocycles. The van der Waals surface area contributed by atoms with E-state index in [1.165, 1.54) is 11.1 Å². The molecule has 0 unspecified atom stereocenters. The van der Waals surface area contributed by atoms with Crippen molar-refractivity contribution in [2.45, 2.75) is 40.3 Å². The quantitative estimate of drug-likeness (QED) is 0.787. The first-order valence-corrected chi connectivity index (χ1v) is 7.91. The third kappa shape index (κ3) is 4.05. The van der Waals surface area contributed by atoms with E-state index in [0.717, 1.165) is 36.0 Å². The highest BCUT2D eigenvalue weighted by Gasteiger charge is 2.08. The van der Waals surface area contributed by atoms with E-state index in [2.05, 4.69) is 47.7 Å². The molecule has 0 spiro atoms. The summed E-state index contributed by atoms with van der Waals surface area (Å²) in [6.45, 7) is 8.69. The number of ether oxygens (including phenoxy) is 1. The van der Waals surface area contributed by atoms with Crippen LogP contribution in [0.4, 0.5) is 0 Å². The Hall–Kier alpha value is -1.39. The van der Waals surface area contributed by atoms with Crippen LogP contribution in [0.3, 0.4) is 0 Å². The minimum atomic E-state index is 0.538. The monoisotopic (exact) mass is 290 g/mol. The third-order valence-electron chi connectivity index (χ3n) is 3.07. The first-order valence-electron chi connectivity index (χ1n) is 7.03. The minimum Gasteiger partial charge on any atom is -0.487 e. The maximum atomic E-state index is 6.00. The molecule has 0 fully saturated rings. The van der Waals surface area contributed by atoms with Crippen molar-refractivity contribution in [3.05, 3.63) is 45.4 Å². The molecular formula is C16H22N2OS. The molecule has 20 heavy (non-hydrogen) atoms. The molecule has 2 rings (SSSR count). The van der Waals surface area contributed by atoms with E-state index < -0.39 is 0 Å². The van der Waals surface area contributed by atoms with E-state index in [1.807, 2.05) is 6.92 Å². The van der Waals surface area contributed by atoms with E-state index in [0.29, 0.717) is 6.61 Å². The average Bonchev–Trinajstić information content (AvgIpc) is 2.84. The molecular weight excluding hydrogens is 268 g/mol. The molecule has 3 nitrogen and oxygen atoms in total. The Bertz CT molecular complexity index is 551. The fraction of sp³-hybridized carbons (Fsp3) is 0.438. The van der Waals surface area contributed by atoms with Crippen molar-refractivity contribution < 1.29 is 4.74 Å². The summed E-state index contributed by atoms with van der Waals surface area (Å²) in [7, 11) is 0. The largest absolute Gasteiger partial charge is 0.487 e. The van der Waals surface area contributed by atoms with Gasteiger partial charge in [0.2, 0.25) is 0 Å². The Morgan fingerprint density at radius 2 is 2.15 bits per heavy atom. The number of aryl methyl sites for hydroxylation is 2. The second kappa shape index (κ2) is 7.41. The van der Waals surface area contributed by atoms with E-state index in [4.69, 9.17) is 4.74 Å². The van der Waals surface area contributed by atoms with Crippen LogP contribution in [0.5, 0.6) is 5.75 Å². The van der Waals surface area contributed by atoms with Gasteiger partial charge >= 0.3 is 0 Å². The SMILES string of the molecule is CCCNCc1cccc(C)c1OCc1csc(C)n1. The Morgan fingerprint density at radius 1 is 1.30 bits per heavy atom. The van der Waals surface area contributed by atoms with Gasteiger partial charge in [-0.05, 0) is 32.4 Å². The number of benzene rings is 1. The number of nitrogens with zero attached hydrogens (tertiary/aromatic N) is 1. The number of aromatic nitrogens is 1. The summed E-state index contributed by atoms with van der Waals surface area (Å²) in [6, 6.07) is 6.29. The molecule has 0 aliphatic heterocycles. The van der Waals surface area contributed by atoms with Crippen LogP contribution in [0, 0.1) is 13.8 Å². The Morgan fingerprint density at radius 3 is 2.85 bits per heavy atom. The highest BCUT2D eigenvalue weighted by molar-refractivity contribution is 7.09. The van der Waals surface area contributed by atoms with Gasteiger partial charge < -0.3 is 10.1 Å². The molecule has 108 valence electrons. The predicted molar refractivity (Wildman–Crippen MR) is 84.4 cm³/mol. The van der Waals surface area contributed by atoms with Crippen LogP contribution in [-0.2, 0) is 13.2 Å². The molecule has 0 radical (unpaired) electrons. The fourth-order valence-electron chi connectivity index (χ4n) is 2.08. The minimum absolute atomic E-state index is 0.538. The highest BCUT2D eigenvalue weighted by Crippen LogP contribution is 2.24. The first kappa shape index (κ1) is 15.0. The second-order valence-electron chi connectivity index (χ2n) is 4.89. The summed E-state index contributed by atoms with van der Waals surface area (Å²) < 4.78 is 6.00. The van der Waals surface area contributed by atoms with Crippen molar-refractivity contribution in [3.63, 3.8) is 0 Å². The van der Waals surface area contributed by atoms with Crippen LogP contribution in [0.2, 0.25) is 0 Å². The molecule has 0 atom stereocenters. The summed E-state index contributed by atoms with van der Waals surface area (Å²) in [5.74, 6) is 0.988. The van der Waals surface area contributed by atoms with Gasteiger partial charge in [-0.15, -0.1) is 11.3 Å². The Labute approximate surface area is 125 Å². The maximum absolute atomic E-state index is 6.00. The van der Waals surface area contributed by atoms with Gasteiger partial charge in [-0.25, -0.2) is 4.98 Å². The number of rotatable bonds is 7. The van der Waals surface area contributed by atoms with Gasteiger partial charge in [0.1, 0.15) is 12.4 Å². The van der Waals surface area contributed by atoms with Gasteiger partial charge in [0, 0.05) is 17.5 Å². The van der Waals surface area contributed by atoms with Crippen molar-refractivity contribution in [1.29, 1.82) is 0 Å². The van der Waals surface area contributed by atoms with E-state index >= 15 is 0 Å². The predicted octanol–water partition coefficient (Wildman–Crippen LogP) is 3.84.